The molecular formula is C30H36F4N4O4. The number of alkyl halides is 2. The molecule has 0 aromatic heterocycles. The summed E-state index contributed by atoms with van der Waals surface area (Å²) in [5.41, 5.74) is -1.71. The standard InChI is InChI=1S/C30H36F4N4O4/c1-17(18-6-5-7-19(24(18)32)25(33)34)35-26(39)20-12-23(38-8-10-41-11-9-38)21(31)13-22(20)36-29-14-30(15-29,16-29)37-27(40)42-28(2,3)4/h5-7,12-13,17,25,36H,8-11,14-16H2,1-4H3,(H,35,39)(H,37,40)/t17-,29?,30?/m1/s1. The molecule has 3 aliphatic carbocycles. The number of halogens is 4. The molecule has 1 saturated heterocycles. The number of carbonyl (C=O) groups is 2. The highest BCUT2D eigenvalue weighted by molar-refractivity contribution is 6.01. The quantitative estimate of drug-likeness (QED) is 0.334. The first-order valence-corrected chi connectivity index (χ1v) is 14.0. The van der Waals surface area contributed by atoms with Gasteiger partial charge in [-0.1, -0.05) is 18.2 Å². The first kappa shape index (κ1) is 29.9. The maximum Gasteiger partial charge on any atom is 0.408 e. The van der Waals surface area contributed by atoms with E-state index >= 15 is 4.39 Å². The van der Waals surface area contributed by atoms with Crippen molar-refractivity contribution in [3.05, 3.63) is 58.7 Å². The second-order valence-electron chi connectivity index (χ2n) is 12.5. The van der Waals surface area contributed by atoms with Gasteiger partial charge in [0.2, 0.25) is 0 Å². The van der Waals surface area contributed by atoms with Crippen molar-refractivity contribution in [1.29, 1.82) is 0 Å². The van der Waals surface area contributed by atoms with Crippen LogP contribution in [0.4, 0.5) is 33.7 Å². The van der Waals surface area contributed by atoms with E-state index in [4.69, 9.17) is 9.47 Å². The molecule has 2 aromatic carbocycles. The Bertz CT molecular complexity index is 1350. The minimum atomic E-state index is -3.00. The van der Waals surface area contributed by atoms with Crippen LogP contribution in [0.5, 0.6) is 0 Å². The topological polar surface area (TPSA) is 91.9 Å². The molecule has 4 fully saturated rings. The number of hydrogen-bond donors (Lipinski definition) is 3. The Labute approximate surface area is 242 Å². The van der Waals surface area contributed by atoms with E-state index in [9.17, 15) is 22.8 Å². The van der Waals surface area contributed by atoms with E-state index in [1.165, 1.54) is 31.2 Å². The fourth-order valence-electron chi connectivity index (χ4n) is 6.18. The summed E-state index contributed by atoms with van der Waals surface area (Å²) in [5.74, 6) is -2.22. The van der Waals surface area contributed by atoms with Gasteiger partial charge in [-0.25, -0.2) is 22.4 Å². The molecule has 0 radical (unpaired) electrons. The lowest BCUT2D eigenvalue weighted by Crippen LogP contribution is -2.81. The third-order valence-corrected chi connectivity index (χ3v) is 7.99. The molecule has 2 amide bonds. The van der Waals surface area contributed by atoms with Gasteiger partial charge in [0.05, 0.1) is 47.3 Å². The third-order valence-electron chi connectivity index (χ3n) is 7.99. The van der Waals surface area contributed by atoms with Gasteiger partial charge >= 0.3 is 6.09 Å². The Hall–Kier alpha value is -3.54. The minimum absolute atomic E-state index is 0.0826. The molecule has 228 valence electrons. The molecular weight excluding hydrogens is 556 g/mol. The number of carbonyl (C=O) groups excluding carboxylic acids is 2. The SMILES string of the molecule is C[C@@H](NC(=O)c1cc(N2CCOCC2)c(F)cc1NC12CC(NC(=O)OC(C)(C)C)(C1)C2)c1cccc(C(F)F)c1F. The highest BCUT2D eigenvalue weighted by atomic mass is 19.3. The van der Waals surface area contributed by atoms with Crippen molar-refractivity contribution in [2.45, 2.75) is 76.1 Å². The number of nitrogens with one attached hydrogen (secondary N) is 3. The lowest BCUT2D eigenvalue weighted by molar-refractivity contribution is -0.0658. The lowest BCUT2D eigenvalue weighted by atomic mass is 9.44. The number of nitrogens with zero attached hydrogens (tertiary/aromatic N) is 1. The van der Waals surface area contributed by atoms with Crippen LogP contribution in [-0.4, -0.2) is 55.0 Å². The zero-order valence-electron chi connectivity index (χ0n) is 24.1. The van der Waals surface area contributed by atoms with Gasteiger partial charge in [-0.3, -0.25) is 4.79 Å². The van der Waals surface area contributed by atoms with Crippen LogP contribution in [-0.2, 0) is 9.47 Å². The number of morpholine rings is 1. The van der Waals surface area contributed by atoms with E-state index in [2.05, 4.69) is 16.0 Å². The Morgan fingerprint density at radius 1 is 1.02 bits per heavy atom. The van der Waals surface area contributed by atoms with Crippen molar-refractivity contribution >= 4 is 23.4 Å². The molecule has 8 nitrogen and oxygen atoms in total. The molecule has 2 aromatic rings. The zero-order valence-corrected chi connectivity index (χ0v) is 24.1. The van der Waals surface area contributed by atoms with Crippen LogP contribution in [0, 0.1) is 11.6 Å². The maximum absolute atomic E-state index is 15.4. The van der Waals surface area contributed by atoms with E-state index in [1.807, 2.05) is 0 Å². The minimum Gasteiger partial charge on any atom is -0.444 e. The Morgan fingerprint density at radius 2 is 1.67 bits per heavy atom. The summed E-state index contributed by atoms with van der Waals surface area (Å²) in [4.78, 5) is 27.7. The van der Waals surface area contributed by atoms with Crippen molar-refractivity contribution < 1.29 is 36.6 Å². The Balaban J connectivity index is 1.37. The van der Waals surface area contributed by atoms with Gasteiger partial charge < -0.3 is 30.3 Å². The predicted molar refractivity (Wildman–Crippen MR) is 149 cm³/mol. The number of hydrogen-bond acceptors (Lipinski definition) is 6. The molecule has 6 rings (SSSR count). The molecule has 0 unspecified atom stereocenters. The number of rotatable bonds is 8. The highest BCUT2D eigenvalue weighted by Gasteiger charge is 2.69. The average Bonchev–Trinajstić information content (AvgIpc) is 2.86. The van der Waals surface area contributed by atoms with Crippen LogP contribution in [0.15, 0.2) is 30.3 Å². The van der Waals surface area contributed by atoms with Crippen LogP contribution in [0.3, 0.4) is 0 Å². The van der Waals surface area contributed by atoms with Gasteiger partial charge in [0, 0.05) is 24.2 Å². The fraction of sp³-hybridized carbons (Fsp3) is 0.533. The molecule has 0 spiro atoms. The van der Waals surface area contributed by atoms with Crippen molar-refractivity contribution in [2.24, 2.45) is 0 Å². The molecule has 3 N–H and O–H groups in total. The van der Waals surface area contributed by atoms with E-state index in [1.54, 1.807) is 25.7 Å². The molecule has 4 aliphatic rings. The van der Waals surface area contributed by atoms with Crippen LogP contribution in [0.25, 0.3) is 0 Å². The fourth-order valence-corrected chi connectivity index (χ4v) is 6.18. The second-order valence-corrected chi connectivity index (χ2v) is 12.5. The van der Waals surface area contributed by atoms with E-state index in [0.29, 0.717) is 45.6 Å². The van der Waals surface area contributed by atoms with Gasteiger partial charge in [0.25, 0.3) is 12.3 Å². The van der Waals surface area contributed by atoms with E-state index in [-0.39, 0.29) is 22.5 Å². The van der Waals surface area contributed by atoms with Crippen molar-refractivity contribution in [1.82, 2.24) is 10.6 Å². The van der Waals surface area contributed by atoms with Gasteiger partial charge in [-0.15, -0.1) is 0 Å². The predicted octanol–water partition coefficient (Wildman–Crippen LogP) is 5.84. The smallest absolute Gasteiger partial charge is 0.408 e. The molecule has 3 saturated carbocycles. The van der Waals surface area contributed by atoms with Crippen molar-refractivity contribution in [2.75, 3.05) is 36.5 Å². The van der Waals surface area contributed by atoms with Gasteiger partial charge in [-0.05, 0) is 59.1 Å². The number of amides is 2. The monoisotopic (exact) mass is 592 g/mol. The third kappa shape index (κ3) is 5.99. The summed E-state index contributed by atoms with van der Waals surface area (Å²) in [6.45, 7) is 8.54. The lowest BCUT2D eigenvalue weighted by Gasteiger charge is -2.70. The van der Waals surface area contributed by atoms with Crippen molar-refractivity contribution in [3.63, 3.8) is 0 Å². The van der Waals surface area contributed by atoms with E-state index in [0.717, 1.165) is 6.07 Å². The molecule has 42 heavy (non-hydrogen) atoms. The second kappa shape index (κ2) is 10.9. The summed E-state index contributed by atoms with van der Waals surface area (Å²) in [5, 5.41) is 8.95. The summed E-state index contributed by atoms with van der Waals surface area (Å²) in [6.07, 6.45) is -1.81. The number of benzene rings is 2. The first-order valence-electron chi connectivity index (χ1n) is 14.0. The number of alkyl carbamates (subject to hydrolysis) is 1. The highest BCUT2D eigenvalue weighted by Crippen LogP contribution is 2.62. The summed E-state index contributed by atoms with van der Waals surface area (Å²) in [6, 6.07) is 5.44. The Kier molecular flexibility index (Phi) is 7.80. The largest absolute Gasteiger partial charge is 0.444 e. The number of anilines is 2. The zero-order chi connectivity index (χ0) is 30.4. The van der Waals surface area contributed by atoms with Gasteiger partial charge in [0.15, 0.2) is 0 Å². The van der Waals surface area contributed by atoms with Crippen molar-refractivity contribution in [3.8, 4) is 0 Å². The van der Waals surface area contributed by atoms with Crippen LogP contribution >= 0.6 is 0 Å². The molecule has 12 heteroatoms. The Morgan fingerprint density at radius 3 is 2.29 bits per heavy atom. The first-order chi connectivity index (χ1) is 19.7. The molecule has 2 bridgehead atoms. The normalized spacial score (nSPS) is 23.9. The van der Waals surface area contributed by atoms with Crippen LogP contribution in [0.2, 0.25) is 0 Å². The summed E-state index contributed by atoms with van der Waals surface area (Å²) < 4.78 is 67.5. The maximum atomic E-state index is 15.4. The van der Waals surface area contributed by atoms with Gasteiger partial charge in [-0.2, -0.15) is 0 Å². The average molecular weight is 593 g/mol. The van der Waals surface area contributed by atoms with Crippen LogP contribution in [0.1, 0.15) is 80.9 Å². The van der Waals surface area contributed by atoms with E-state index < -0.39 is 58.3 Å². The molecule has 1 aliphatic heterocycles. The molecule has 1 atom stereocenters. The number of ether oxygens (including phenoxy) is 2. The molecule has 1 heterocycles. The summed E-state index contributed by atoms with van der Waals surface area (Å²) in [7, 11) is 0. The van der Waals surface area contributed by atoms with Gasteiger partial charge in [0.1, 0.15) is 17.2 Å². The van der Waals surface area contributed by atoms with Crippen LogP contribution < -0.4 is 20.9 Å². The summed E-state index contributed by atoms with van der Waals surface area (Å²) >= 11 is 0.